The minimum atomic E-state index is -0.415. The summed E-state index contributed by atoms with van der Waals surface area (Å²) in [7, 11) is 1.61. The van der Waals surface area contributed by atoms with Gasteiger partial charge in [0.1, 0.15) is 11.5 Å². The van der Waals surface area contributed by atoms with E-state index in [1.807, 2.05) is 30.0 Å². The van der Waals surface area contributed by atoms with Gasteiger partial charge >= 0.3 is 0 Å². The minimum Gasteiger partial charge on any atom is -0.494 e. The molecule has 10 heteroatoms. The van der Waals surface area contributed by atoms with Gasteiger partial charge in [-0.1, -0.05) is 19.9 Å². The van der Waals surface area contributed by atoms with Crippen LogP contribution in [0.5, 0.6) is 11.5 Å². The summed E-state index contributed by atoms with van der Waals surface area (Å²) >= 11 is 0. The van der Waals surface area contributed by atoms with Gasteiger partial charge in [0.05, 0.1) is 50.9 Å². The average molecular weight is 648 g/mol. The zero-order chi connectivity index (χ0) is 33.0. The van der Waals surface area contributed by atoms with E-state index in [9.17, 15) is 4.79 Å². The molecule has 0 bridgehead atoms. The van der Waals surface area contributed by atoms with Crippen LogP contribution >= 0.6 is 0 Å². The number of amides is 1. The van der Waals surface area contributed by atoms with Crippen LogP contribution in [0, 0.1) is 23.6 Å². The number of halogens is 1. The molecule has 7 rings (SSSR count). The highest BCUT2D eigenvalue weighted by Crippen LogP contribution is 2.38. The van der Waals surface area contributed by atoms with Gasteiger partial charge in [-0.25, -0.2) is 4.39 Å². The van der Waals surface area contributed by atoms with Crippen LogP contribution in [-0.4, -0.2) is 74.0 Å². The molecule has 0 radical (unpaired) electrons. The number of benzene rings is 1. The number of hydrogen-bond donors (Lipinski definition) is 1. The maximum absolute atomic E-state index is 15.3. The highest BCUT2D eigenvalue weighted by Gasteiger charge is 2.50. The molecular weight excluding hydrogens is 601 g/mol. The van der Waals surface area contributed by atoms with Gasteiger partial charge in [0.25, 0.3) is 0 Å². The lowest BCUT2D eigenvalue weighted by atomic mass is 9.78. The number of ether oxygens (including phenoxy) is 5. The molecule has 3 fully saturated rings. The van der Waals surface area contributed by atoms with Crippen LogP contribution in [-0.2, 0) is 23.7 Å². The molecule has 47 heavy (non-hydrogen) atoms. The second kappa shape index (κ2) is 14.1. The zero-order valence-electron chi connectivity index (χ0n) is 28.0. The number of nitrogens with zero attached hydrogens (tertiary/aromatic N) is 2. The Balaban J connectivity index is 0.000000580. The van der Waals surface area contributed by atoms with Crippen molar-refractivity contribution < 1.29 is 32.9 Å². The number of nitrogens with one attached hydrogen (secondary N) is 1. The lowest BCUT2D eigenvalue weighted by Gasteiger charge is -2.55. The number of unbranched alkanes of at least 4 members (excludes halogenated alkanes) is 2. The van der Waals surface area contributed by atoms with E-state index in [4.69, 9.17) is 23.7 Å². The van der Waals surface area contributed by atoms with Crippen LogP contribution < -0.4 is 15.3 Å². The van der Waals surface area contributed by atoms with Crippen LogP contribution in [0.4, 0.5) is 4.39 Å². The molecule has 2 aromatic heterocycles. The van der Waals surface area contributed by atoms with Crippen molar-refractivity contribution in [1.82, 2.24) is 14.9 Å². The number of pyridine rings is 1. The van der Waals surface area contributed by atoms with Crippen LogP contribution in [0.1, 0.15) is 58.1 Å². The van der Waals surface area contributed by atoms with Crippen molar-refractivity contribution in [2.45, 2.75) is 59.3 Å². The van der Waals surface area contributed by atoms with Crippen molar-refractivity contribution in [3.05, 3.63) is 64.1 Å². The Morgan fingerprint density at radius 1 is 1.06 bits per heavy atom. The number of rotatable bonds is 10. The van der Waals surface area contributed by atoms with Gasteiger partial charge in [-0.3, -0.25) is 9.78 Å². The standard InChI is InChI=1S/C32H36FN3O5.C5H10O/c1-21-15-23-25(35-21)10-11-28(31(23)33)41-26-12-13-34-24-7-6-8-27(29(38-2)16-22(24)26)40-14-5-3-4-9-30(37)36-17-32(18-36)19-39-20-32;1-5(2)3-6-4-5/h7,10-13,15-16,35H,3-6,8-9,14,17-20H2,1-2H3;3-4H2,1-2H3/b22-16+,24-7?,29-27-;. The average Bonchev–Trinajstić information content (AvgIpc) is 3.37. The molecular formula is C37H46FN3O6. The Kier molecular flexibility index (Phi) is 9.89. The molecule has 1 aliphatic carbocycles. The number of likely N-dealkylation sites (tertiary alicyclic amines) is 1. The summed E-state index contributed by atoms with van der Waals surface area (Å²) < 4.78 is 43.5. The molecule has 252 valence electrons. The Morgan fingerprint density at radius 3 is 2.51 bits per heavy atom. The first-order valence-electron chi connectivity index (χ1n) is 16.6. The highest BCUT2D eigenvalue weighted by atomic mass is 19.1. The van der Waals surface area contributed by atoms with E-state index in [1.54, 1.807) is 31.5 Å². The lowest BCUT2D eigenvalue weighted by Crippen LogP contribution is -2.67. The molecule has 0 unspecified atom stereocenters. The van der Waals surface area contributed by atoms with Crippen LogP contribution in [0.3, 0.4) is 0 Å². The number of methoxy groups -OCH3 is 1. The molecule has 4 aliphatic rings. The number of carbonyl (C=O) groups excluding carboxylic acids is 1. The SMILES string of the molecule is CC1(C)COC1.COC1=C(\OCCCCCC(=O)N2CC3(COC3)C2)CCC=c2nccc(Oc3ccc4[nH]c(C)cc4c3F)\c2=C\1. The fourth-order valence-electron chi connectivity index (χ4n) is 6.28. The molecule has 1 N–H and O–H groups in total. The van der Waals surface area contributed by atoms with E-state index >= 15 is 4.39 Å². The van der Waals surface area contributed by atoms with Crippen molar-refractivity contribution >= 4 is 29.0 Å². The third kappa shape index (κ3) is 7.65. The summed E-state index contributed by atoms with van der Waals surface area (Å²) in [6.07, 6.45) is 10.1. The number of fused-ring (bicyclic) bond motifs is 2. The van der Waals surface area contributed by atoms with E-state index in [0.717, 1.165) is 81.1 Å². The molecule has 0 atom stereocenters. The first-order chi connectivity index (χ1) is 22.7. The molecule has 9 nitrogen and oxygen atoms in total. The van der Waals surface area contributed by atoms with Crippen molar-refractivity contribution in [3.63, 3.8) is 0 Å². The molecule has 1 amide bonds. The second-order valence-electron chi connectivity index (χ2n) is 13.9. The Hall–Kier alpha value is -3.89. The third-order valence-corrected chi connectivity index (χ3v) is 9.04. The predicted molar refractivity (Wildman–Crippen MR) is 178 cm³/mol. The number of hydrogen-bond acceptors (Lipinski definition) is 7. The van der Waals surface area contributed by atoms with Crippen molar-refractivity contribution in [1.29, 1.82) is 0 Å². The van der Waals surface area contributed by atoms with Gasteiger partial charge in [0.2, 0.25) is 5.91 Å². The maximum atomic E-state index is 15.3. The fraction of sp³-hybridized carbons (Fsp3) is 0.514. The van der Waals surface area contributed by atoms with Gasteiger partial charge in [0.15, 0.2) is 17.3 Å². The van der Waals surface area contributed by atoms with Crippen molar-refractivity contribution in [2.75, 3.05) is 53.2 Å². The summed E-state index contributed by atoms with van der Waals surface area (Å²) in [5.41, 5.74) is 2.37. The third-order valence-electron chi connectivity index (χ3n) is 9.04. The lowest BCUT2D eigenvalue weighted by molar-refractivity contribution is -0.195. The molecule has 5 heterocycles. The summed E-state index contributed by atoms with van der Waals surface area (Å²) in [6, 6.07) is 6.94. The van der Waals surface area contributed by atoms with Crippen LogP contribution in [0.2, 0.25) is 0 Å². The number of H-pyrrole nitrogens is 1. The van der Waals surface area contributed by atoms with Gasteiger partial charge in [-0.2, -0.15) is 0 Å². The summed E-state index contributed by atoms with van der Waals surface area (Å²) in [4.78, 5) is 22.0. The summed E-state index contributed by atoms with van der Waals surface area (Å²) in [5.74, 6) is 1.80. The molecule has 3 aromatic rings. The van der Waals surface area contributed by atoms with E-state index in [-0.39, 0.29) is 17.1 Å². The first-order valence-corrected chi connectivity index (χ1v) is 16.6. The second-order valence-corrected chi connectivity index (χ2v) is 13.9. The normalized spacial score (nSPS) is 21.2. The van der Waals surface area contributed by atoms with E-state index in [2.05, 4.69) is 23.8 Å². The fourth-order valence-corrected chi connectivity index (χ4v) is 6.28. The summed E-state index contributed by atoms with van der Waals surface area (Å²) in [5, 5.41) is 1.94. The zero-order valence-corrected chi connectivity index (χ0v) is 28.0. The largest absolute Gasteiger partial charge is 0.494 e. The topological polar surface area (TPSA) is 95.1 Å². The molecule has 1 aromatic carbocycles. The predicted octanol–water partition coefficient (Wildman–Crippen LogP) is 5.49. The molecule has 3 aliphatic heterocycles. The Bertz CT molecular complexity index is 1750. The smallest absolute Gasteiger partial charge is 0.222 e. The van der Waals surface area contributed by atoms with Crippen LogP contribution in [0.15, 0.2) is 42.0 Å². The molecule has 3 saturated heterocycles. The monoisotopic (exact) mass is 647 g/mol. The number of aromatic amines is 1. The highest BCUT2D eigenvalue weighted by molar-refractivity contribution is 5.83. The quantitative estimate of drug-likeness (QED) is 0.291. The first kappa shape index (κ1) is 33.0. The Labute approximate surface area is 275 Å². The van der Waals surface area contributed by atoms with Gasteiger partial charge < -0.3 is 33.6 Å². The number of carbonyl (C=O) groups is 1. The van der Waals surface area contributed by atoms with Crippen molar-refractivity contribution in [3.8, 4) is 11.5 Å². The summed E-state index contributed by atoms with van der Waals surface area (Å²) in [6.45, 7) is 12.0. The Morgan fingerprint density at radius 2 is 1.83 bits per heavy atom. The van der Waals surface area contributed by atoms with Gasteiger partial charge in [-0.05, 0) is 62.9 Å². The van der Waals surface area contributed by atoms with E-state index in [1.165, 1.54) is 0 Å². The minimum absolute atomic E-state index is 0.143. The van der Waals surface area contributed by atoms with Gasteiger partial charge in [0, 0.05) is 59.4 Å². The van der Waals surface area contributed by atoms with Crippen LogP contribution in [0.25, 0.3) is 23.1 Å². The molecule has 1 spiro atoms. The van der Waals surface area contributed by atoms with Crippen molar-refractivity contribution in [2.24, 2.45) is 10.8 Å². The number of aromatic nitrogens is 2. The number of aryl methyl sites for hydroxylation is 1. The number of allylic oxidation sites excluding steroid dienone is 2. The van der Waals surface area contributed by atoms with E-state index < -0.39 is 5.82 Å². The molecule has 0 saturated carbocycles. The van der Waals surface area contributed by atoms with E-state index in [0.29, 0.717) is 53.4 Å². The maximum Gasteiger partial charge on any atom is 0.222 e. The van der Waals surface area contributed by atoms with Gasteiger partial charge in [-0.15, -0.1) is 0 Å².